The fraction of sp³-hybridized carbons (Fsp3) is 0.250. The summed E-state index contributed by atoms with van der Waals surface area (Å²) in [6.07, 6.45) is 3.75. The lowest BCUT2D eigenvalue weighted by atomic mass is 10.1. The summed E-state index contributed by atoms with van der Waals surface area (Å²) in [5.74, 6) is 0. The van der Waals surface area contributed by atoms with E-state index in [1.54, 1.807) is 18.0 Å². The van der Waals surface area contributed by atoms with Gasteiger partial charge in [-0.2, -0.15) is 0 Å². The van der Waals surface area contributed by atoms with Crippen LogP contribution in [0.15, 0.2) is 40.6 Å². The molecule has 1 heterocycles. The molecule has 2 rings (SSSR count). The molecule has 0 saturated carbocycles. The average Bonchev–Trinajstić information content (AvgIpc) is 2.67. The minimum Gasteiger partial charge on any atom is -0.329 e. The van der Waals surface area contributed by atoms with Gasteiger partial charge in [0.05, 0.1) is 0 Å². The summed E-state index contributed by atoms with van der Waals surface area (Å²) in [4.78, 5) is 5.48. The predicted molar refractivity (Wildman–Crippen MR) is 66.4 cm³/mol. The molecule has 0 spiro atoms. The van der Waals surface area contributed by atoms with E-state index >= 15 is 0 Å². The molecule has 4 heteroatoms. The third-order valence-corrected chi connectivity index (χ3v) is 3.61. The second kappa shape index (κ2) is 4.72. The summed E-state index contributed by atoms with van der Waals surface area (Å²) in [5.41, 5.74) is 8.16. The van der Waals surface area contributed by atoms with Gasteiger partial charge < -0.3 is 10.3 Å². The molecule has 1 aromatic carbocycles. The Morgan fingerprint density at radius 2 is 2.25 bits per heavy atom. The Bertz CT molecular complexity index is 491. The van der Waals surface area contributed by atoms with Gasteiger partial charge in [0, 0.05) is 30.9 Å². The predicted octanol–water partition coefficient (Wildman–Crippen LogP) is 2.34. The molecule has 0 aliphatic heterocycles. The summed E-state index contributed by atoms with van der Waals surface area (Å²) < 4.78 is 2.00. The van der Waals surface area contributed by atoms with E-state index in [9.17, 15) is 0 Å². The largest absolute Gasteiger partial charge is 0.329 e. The van der Waals surface area contributed by atoms with Gasteiger partial charge in [-0.05, 0) is 18.6 Å². The van der Waals surface area contributed by atoms with Crippen LogP contribution < -0.4 is 5.73 Å². The van der Waals surface area contributed by atoms with Crippen molar-refractivity contribution >= 4 is 11.8 Å². The molecular formula is C12H15N3S. The SMILES string of the molecule is Cc1ccc(Sc2nccn2C)c(CN)c1. The van der Waals surface area contributed by atoms with Gasteiger partial charge in [0.25, 0.3) is 0 Å². The Hall–Kier alpha value is -1.26. The molecule has 16 heavy (non-hydrogen) atoms. The Morgan fingerprint density at radius 1 is 1.44 bits per heavy atom. The lowest BCUT2D eigenvalue weighted by molar-refractivity contribution is 0.789. The first-order valence-corrected chi connectivity index (χ1v) is 5.97. The van der Waals surface area contributed by atoms with Crippen LogP contribution >= 0.6 is 11.8 Å². The van der Waals surface area contributed by atoms with Crippen molar-refractivity contribution in [2.24, 2.45) is 12.8 Å². The average molecular weight is 233 g/mol. The summed E-state index contributed by atoms with van der Waals surface area (Å²) >= 11 is 1.65. The zero-order valence-electron chi connectivity index (χ0n) is 9.47. The van der Waals surface area contributed by atoms with Crippen LogP contribution in [-0.4, -0.2) is 9.55 Å². The van der Waals surface area contributed by atoms with Crippen LogP contribution in [0.25, 0.3) is 0 Å². The maximum absolute atomic E-state index is 5.75. The van der Waals surface area contributed by atoms with E-state index in [1.165, 1.54) is 16.0 Å². The lowest BCUT2D eigenvalue weighted by Crippen LogP contribution is -1.99. The molecule has 0 aliphatic carbocycles. The van der Waals surface area contributed by atoms with Crippen LogP contribution in [0.1, 0.15) is 11.1 Å². The Balaban J connectivity index is 2.31. The standard InChI is InChI=1S/C12H15N3S/c1-9-3-4-11(10(7-9)8-13)16-12-14-5-6-15(12)2/h3-7H,8,13H2,1-2H3. The van der Waals surface area contributed by atoms with Gasteiger partial charge in [0.15, 0.2) is 5.16 Å². The summed E-state index contributed by atoms with van der Waals surface area (Å²) in [7, 11) is 1.99. The molecule has 84 valence electrons. The molecule has 2 aromatic rings. The molecule has 1 aromatic heterocycles. The number of hydrogen-bond acceptors (Lipinski definition) is 3. The normalized spacial score (nSPS) is 10.7. The minimum atomic E-state index is 0.564. The van der Waals surface area contributed by atoms with Crippen molar-refractivity contribution in [2.75, 3.05) is 0 Å². The van der Waals surface area contributed by atoms with Crippen LogP contribution in [0.3, 0.4) is 0 Å². The third-order valence-electron chi connectivity index (χ3n) is 2.41. The minimum absolute atomic E-state index is 0.564. The van der Waals surface area contributed by atoms with Crippen molar-refractivity contribution in [1.29, 1.82) is 0 Å². The zero-order chi connectivity index (χ0) is 11.5. The second-order valence-corrected chi connectivity index (χ2v) is 4.75. The van der Waals surface area contributed by atoms with E-state index < -0.39 is 0 Å². The molecule has 2 N–H and O–H groups in total. The highest BCUT2D eigenvalue weighted by molar-refractivity contribution is 7.99. The number of rotatable bonds is 3. The number of benzene rings is 1. The van der Waals surface area contributed by atoms with E-state index in [-0.39, 0.29) is 0 Å². The monoisotopic (exact) mass is 233 g/mol. The number of nitrogens with two attached hydrogens (primary N) is 1. The summed E-state index contributed by atoms with van der Waals surface area (Å²) in [6.45, 7) is 2.64. The number of aryl methyl sites for hydroxylation is 2. The first kappa shape index (κ1) is 11.2. The molecule has 0 fully saturated rings. The van der Waals surface area contributed by atoms with Gasteiger partial charge in [-0.25, -0.2) is 4.98 Å². The molecule has 0 saturated heterocycles. The van der Waals surface area contributed by atoms with Crippen molar-refractivity contribution in [3.8, 4) is 0 Å². The first-order chi connectivity index (χ1) is 7.70. The Labute approximate surface area is 99.7 Å². The van der Waals surface area contributed by atoms with Crippen molar-refractivity contribution in [1.82, 2.24) is 9.55 Å². The maximum Gasteiger partial charge on any atom is 0.172 e. The van der Waals surface area contributed by atoms with Crippen LogP contribution in [0.2, 0.25) is 0 Å². The van der Waals surface area contributed by atoms with E-state index in [0.717, 1.165) is 5.16 Å². The molecule has 3 nitrogen and oxygen atoms in total. The highest BCUT2D eigenvalue weighted by atomic mass is 32.2. The van der Waals surface area contributed by atoms with E-state index in [4.69, 9.17) is 5.73 Å². The van der Waals surface area contributed by atoms with E-state index in [1.807, 2.05) is 17.8 Å². The van der Waals surface area contributed by atoms with Gasteiger partial charge in [0.2, 0.25) is 0 Å². The zero-order valence-corrected chi connectivity index (χ0v) is 10.3. The van der Waals surface area contributed by atoms with Crippen molar-refractivity contribution < 1.29 is 0 Å². The summed E-state index contributed by atoms with van der Waals surface area (Å²) in [6, 6.07) is 6.34. The molecule has 0 atom stereocenters. The van der Waals surface area contributed by atoms with E-state index in [0.29, 0.717) is 6.54 Å². The van der Waals surface area contributed by atoms with Crippen molar-refractivity contribution in [3.05, 3.63) is 41.7 Å². The van der Waals surface area contributed by atoms with Gasteiger partial charge in [-0.3, -0.25) is 0 Å². The van der Waals surface area contributed by atoms with E-state index in [2.05, 4.69) is 30.1 Å². The number of imidazole rings is 1. The van der Waals surface area contributed by atoms with Crippen LogP contribution in [0.5, 0.6) is 0 Å². The van der Waals surface area contributed by atoms with Gasteiger partial charge >= 0.3 is 0 Å². The second-order valence-electron chi connectivity index (χ2n) is 3.74. The molecule has 0 unspecified atom stereocenters. The molecule has 0 bridgehead atoms. The fourth-order valence-electron chi connectivity index (χ4n) is 1.52. The smallest absolute Gasteiger partial charge is 0.172 e. The molecule has 0 amide bonds. The Morgan fingerprint density at radius 3 is 2.88 bits per heavy atom. The fourth-order valence-corrected chi connectivity index (χ4v) is 2.44. The highest BCUT2D eigenvalue weighted by Gasteiger charge is 2.06. The maximum atomic E-state index is 5.75. The molecule has 0 aliphatic rings. The quantitative estimate of drug-likeness (QED) is 0.885. The lowest BCUT2D eigenvalue weighted by Gasteiger charge is -2.08. The highest BCUT2D eigenvalue weighted by Crippen LogP contribution is 2.29. The van der Waals surface area contributed by atoms with Gasteiger partial charge in [-0.15, -0.1) is 0 Å². The Kier molecular flexibility index (Phi) is 3.31. The number of nitrogens with zero attached hydrogens (tertiary/aromatic N) is 2. The van der Waals surface area contributed by atoms with Gasteiger partial charge in [-0.1, -0.05) is 29.5 Å². The molecule has 0 radical (unpaired) electrons. The third kappa shape index (κ3) is 2.28. The topological polar surface area (TPSA) is 43.8 Å². The van der Waals surface area contributed by atoms with Crippen molar-refractivity contribution in [3.63, 3.8) is 0 Å². The summed E-state index contributed by atoms with van der Waals surface area (Å²) in [5, 5.41) is 0.985. The molecular weight excluding hydrogens is 218 g/mol. The van der Waals surface area contributed by atoms with Crippen LogP contribution in [-0.2, 0) is 13.6 Å². The number of hydrogen-bond donors (Lipinski definition) is 1. The van der Waals surface area contributed by atoms with Crippen molar-refractivity contribution in [2.45, 2.75) is 23.5 Å². The first-order valence-electron chi connectivity index (χ1n) is 5.15. The van der Waals surface area contributed by atoms with Crippen LogP contribution in [0, 0.1) is 6.92 Å². The number of aromatic nitrogens is 2. The van der Waals surface area contributed by atoms with Crippen LogP contribution in [0.4, 0.5) is 0 Å². The van der Waals surface area contributed by atoms with Gasteiger partial charge in [0.1, 0.15) is 0 Å².